The highest BCUT2D eigenvalue weighted by Crippen LogP contribution is 2.04. The van der Waals surface area contributed by atoms with Gasteiger partial charge in [0.2, 0.25) is 0 Å². The summed E-state index contributed by atoms with van der Waals surface area (Å²) in [5, 5.41) is 18.1. The van der Waals surface area contributed by atoms with Crippen LogP contribution in [0.3, 0.4) is 0 Å². The number of hydrogen-bond donors (Lipinski definition) is 2. The monoisotopic (exact) mass is 294 g/mol. The summed E-state index contributed by atoms with van der Waals surface area (Å²) >= 11 is 0. The summed E-state index contributed by atoms with van der Waals surface area (Å²) in [6.07, 6.45) is 19.6. The number of aliphatic hydroxyl groups excluding tert-OH is 1. The van der Waals surface area contributed by atoms with Gasteiger partial charge in [0.25, 0.3) is 0 Å². The van der Waals surface area contributed by atoms with E-state index in [0.717, 1.165) is 38.5 Å². The van der Waals surface area contributed by atoms with E-state index in [4.69, 9.17) is 5.11 Å². The van der Waals surface area contributed by atoms with E-state index in [2.05, 4.69) is 19.1 Å². The minimum Gasteiger partial charge on any atom is -0.481 e. The third-order valence-corrected chi connectivity index (χ3v) is 3.13. The molecule has 0 aromatic rings. The summed E-state index contributed by atoms with van der Waals surface area (Å²) in [5.41, 5.74) is 0. The molecule has 1 unspecified atom stereocenters. The zero-order valence-electron chi connectivity index (χ0n) is 13.2. The van der Waals surface area contributed by atoms with Crippen molar-refractivity contribution >= 4 is 5.97 Å². The number of hydrogen-bond acceptors (Lipinski definition) is 2. The first-order valence-corrected chi connectivity index (χ1v) is 8.05. The fourth-order valence-corrected chi connectivity index (χ4v) is 1.88. The van der Waals surface area contributed by atoms with E-state index < -0.39 is 5.97 Å². The molecule has 0 aliphatic rings. The molecule has 0 saturated carbocycles. The van der Waals surface area contributed by atoms with E-state index >= 15 is 0 Å². The van der Waals surface area contributed by atoms with Gasteiger partial charge in [-0.2, -0.15) is 0 Å². The van der Waals surface area contributed by atoms with Gasteiger partial charge in [-0.1, -0.05) is 62.6 Å². The first kappa shape index (κ1) is 19.7. The number of allylic oxidation sites excluding steroid dienone is 5. The van der Waals surface area contributed by atoms with Crippen LogP contribution in [-0.4, -0.2) is 22.3 Å². The molecule has 0 aliphatic heterocycles. The highest BCUT2D eigenvalue weighted by atomic mass is 16.4. The molecule has 0 aliphatic carbocycles. The predicted molar refractivity (Wildman–Crippen MR) is 88.3 cm³/mol. The van der Waals surface area contributed by atoms with Crippen LogP contribution in [0.25, 0.3) is 0 Å². The highest BCUT2D eigenvalue weighted by molar-refractivity contribution is 5.66. The van der Waals surface area contributed by atoms with E-state index in [0.29, 0.717) is 0 Å². The third kappa shape index (κ3) is 16.6. The van der Waals surface area contributed by atoms with Crippen molar-refractivity contribution in [3.8, 4) is 0 Å². The lowest BCUT2D eigenvalue weighted by Crippen LogP contribution is -2.00. The topological polar surface area (TPSA) is 57.5 Å². The normalized spacial score (nSPS) is 13.6. The molecule has 0 rings (SSSR count). The predicted octanol–water partition coefficient (Wildman–Crippen LogP) is 4.63. The standard InChI is InChI=1S/C18H30O3/c1-2-3-11-14-17(19)15-12-9-7-5-4-6-8-10-13-16-18(20)21/h4,6-7,9,12,15,17,19H,2-3,5,8,10-11,13-14,16H2,1H3,(H,20,21)/b6-4+,9-7+,15-12+. The SMILES string of the molecule is CCCCCC(O)/C=C/C=C/C/C=C/CCCCC(=O)O. The van der Waals surface area contributed by atoms with Gasteiger partial charge in [0, 0.05) is 6.42 Å². The average molecular weight is 294 g/mol. The number of carboxylic acids is 1. The Morgan fingerprint density at radius 2 is 1.86 bits per heavy atom. The number of unbranched alkanes of at least 4 members (excludes halogenated alkanes) is 4. The maximum Gasteiger partial charge on any atom is 0.303 e. The molecule has 0 amide bonds. The quantitative estimate of drug-likeness (QED) is 0.296. The number of carbonyl (C=O) groups is 1. The van der Waals surface area contributed by atoms with Crippen LogP contribution in [0.4, 0.5) is 0 Å². The molecule has 21 heavy (non-hydrogen) atoms. The molecule has 0 saturated heterocycles. The maximum absolute atomic E-state index is 10.3. The highest BCUT2D eigenvalue weighted by Gasteiger charge is 1.96. The van der Waals surface area contributed by atoms with Crippen molar-refractivity contribution in [2.24, 2.45) is 0 Å². The van der Waals surface area contributed by atoms with Crippen molar-refractivity contribution in [3.05, 3.63) is 36.5 Å². The Morgan fingerprint density at radius 1 is 1.05 bits per heavy atom. The number of carboxylic acid groups (broad SMARTS) is 1. The van der Waals surface area contributed by atoms with Gasteiger partial charge in [0.1, 0.15) is 0 Å². The molecule has 0 radical (unpaired) electrons. The van der Waals surface area contributed by atoms with Crippen molar-refractivity contribution in [3.63, 3.8) is 0 Å². The number of aliphatic hydroxyl groups is 1. The van der Waals surface area contributed by atoms with Crippen molar-refractivity contribution in [1.29, 1.82) is 0 Å². The van der Waals surface area contributed by atoms with Crippen LogP contribution in [0.5, 0.6) is 0 Å². The van der Waals surface area contributed by atoms with Gasteiger partial charge in [-0.05, 0) is 32.1 Å². The Balaban J connectivity index is 3.51. The lowest BCUT2D eigenvalue weighted by Gasteiger charge is -2.02. The fraction of sp³-hybridized carbons (Fsp3) is 0.611. The van der Waals surface area contributed by atoms with Gasteiger partial charge in [-0.15, -0.1) is 0 Å². The van der Waals surface area contributed by atoms with E-state index in [-0.39, 0.29) is 12.5 Å². The summed E-state index contributed by atoms with van der Waals surface area (Å²) in [6, 6.07) is 0. The molecule has 0 aromatic heterocycles. The van der Waals surface area contributed by atoms with Crippen molar-refractivity contribution < 1.29 is 15.0 Å². The zero-order chi connectivity index (χ0) is 15.8. The van der Waals surface area contributed by atoms with Crippen LogP contribution in [-0.2, 0) is 4.79 Å². The average Bonchev–Trinajstić information content (AvgIpc) is 2.44. The van der Waals surface area contributed by atoms with Gasteiger partial charge in [-0.3, -0.25) is 4.79 Å². The number of rotatable bonds is 13. The minimum absolute atomic E-state index is 0.263. The molecule has 0 aromatic carbocycles. The maximum atomic E-state index is 10.3. The molecule has 2 N–H and O–H groups in total. The Labute approximate surface area is 129 Å². The molecule has 1 atom stereocenters. The molecule has 0 spiro atoms. The summed E-state index contributed by atoms with van der Waals surface area (Å²) < 4.78 is 0. The Kier molecular flexibility index (Phi) is 14.1. The van der Waals surface area contributed by atoms with E-state index in [9.17, 15) is 9.90 Å². The van der Waals surface area contributed by atoms with Crippen molar-refractivity contribution in [2.45, 2.75) is 70.8 Å². The van der Waals surface area contributed by atoms with Gasteiger partial charge >= 0.3 is 5.97 Å². The molecule has 0 bridgehead atoms. The van der Waals surface area contributed by atoms with Crippen molar-refractivity contribution in [2.75, 3.05) is 0 Å². The summed E-state index contributed by atoms with van der Waals surface area (Å²) in [4.78, 5) is 10.3. The van der Waals surface area contributed by atoms with Gasteiger partial charge in [0.15, 0.2) is 0 Å². The Bertz CT molecular complexity index is 329. The van der Waals surface area contributed by atoms with E-state index in [1.807, 2.05) is 24.3 Å². The summed E-state index contributed by atoms with van der Waals surface area (Å²) in [6.45, 7) is 2.16. The molecular formula is C18H30O3. The van der Waals surface area contributed by atoms with Crippen LogP contribution in [0.15, 0.2) is 36.5 Å². The largest absolute Gasteiger partial charge is 0.481 e. The first-order valence-electron chi connectivity index (χ1n) is 8.05. The fourth-order valence-electron chi connectivity index (χ4n) is 1.88. The molecule has 3 nitrogen and oxygen atoms in total. The summed E-state index contributed by atoms with van der Waals surface area (Å²) in [5.74, 6) is -0.717. The van der Waals surface area contributed by atoms with Crippen LogP contribution < -0.4 is 0 Å². The van der Waals surface area contributed by atoms with Crippen LogP contribution in [0.1, 0.15) is 64.7 Å². The van der Waals surface area contributed by atoms with Gasteiger partial charge in [0.05, 0.1) is 6.10 Å². The molecule has 120 valence electrons. The van der Waals surface area contributed by atoms with Crippen LogP contribution in [0.2, 0.25) is 0 Å². The Hall–Kier alpha value is -1.35. The van der Waals surface area contributed by atoms with Gasteiger partial charge < -0.3 is 10.2 Å². The van der Waals surface area contributed by atoms with E-state index in [1.54, 1.807) is 0 Å². The van der Waals surface area contributed by atoms with Crippen LogP contribution >= 0.6 is 0 Å². The third-order valence-electron chi connectivity index (χ3n) is 3.13. The first-order chi connectivity index (χ1) is 10.2. The van der Waals surface area contributed by atoms with Crippen molar-refractivity contribution in [1.82, 2.24) is 0 Å². The smallest absolute Gasteiger partial charge is 0.303 e. The second kappa shape index (κ2) is 15.0. The minimum atomic E-state index is -0.717. The van der Waals surface area contributed by atoms with E-state index in [1.165, 1.54) is 12.8 Å². The van der Waals surface area contributed by atoms with Gasteiger partial charge in [-0.25, -0.2) is 0 Å². The lowest BCUT2D eigenvalue weighted by molar-refractivity contribution is -0.137. The number of aliphatic carboxylic acids is 1. The molecule has 0 fully saturated rings. The molecule has 3 heteroatoms. The molecule has 0 heterocycles. The summed E-state index contributed by atoms with van der Waals surface area (Å²) in [7, 11) is 0. The Morgan fingerprint density at radius 3 is 2.57 bits per heavy atom. The molecular weight excluding hydrogens is 264 g/mol. The zero-order valence-corrected chi connectivity index (χ0v) is 13.2. The second-order valence-corrected chi connectivity index (χ2v) is 5.22. The lowest BCUT2D eigenvalue weighted by atomic mass is 10.1. The van der Waals surface area contributed by atoms with Crippen LogP contribution in [0, 0.1) is 0 Å². The second-order valence-electron chi connectivity index (χ2n) is 5.22.